The minimum absolute atomic E-state index is 0.294. The molecule has 3 nitrogen and oxygen atoms in total. The Morgan fingerprint density at radius 2 is 1.56 bits per heavy atom. The molecule has 0 aromatic heterocycles. The lowest BCUT2D eigenvalue weighted by molar-refractivity contribution is 0.457. The van der Waals surface area contributed by atoms with Crippen molar-refractivity contribution in [1.29, 1.82) is 0 Å². The topological polar surface area (TPSA) is 55.5 Å². The summed E-state index contributed by atoms with van der Waals surface area (Å²) in [5.41, 5.74) is 6.61. The molecule has 0 heterocycles. The summed E-state index contributed by atoms with van der Waals surface area (Å²) in [5, 5.41) is 9.68. The molecule has 94 valence electrons. The number of aromatic hydroxyl groups is 1. The molecule has 18 heavy (non-hydrogen) atoms. The van der Waals surface area contributed by atoms with Gasteiger partial charge in [0.2, 0.25) is 0 Å². The molecule has 2 aromatic rings. The minimum Gasteiger partial charge on any atom is -0.506 e. The van der Waals surface area contributed by atoms with E-state index in [-0.39, 0.29) is 0 Å². The van der Waals surface area contributed by atoms with Gasteiger partial charge in [0.15, 0.2) is 0 Å². The van der Waals surface area contributed by atoms with Crippen molar-refractivity contribution >= 4 is 45.2 Å². The van der Waals surface area contributed by atoms with E-state index in [0.29, 0.717) is 18.0 Å². The van der Waals surface area contributed by atoms with Gasteiger partial charge in [-0.15, -0.1) is 0 Å². The molecule has 0 aliphatic heterocycles. The van der Waals surface area contributed by atoms with Crippen molar-refractivity contribution in [3.8, 4) is 17.2 Å². The molecule has 0 saturated heterocycles. The molecule has 2 rings (SSSR count). The standard InChI is InChI=1S/C13H11I2NO2/c14-11-5-10(6-12(15)13(11)17)18-9-3-1-8(7-16)2-4-9/h1-6,17H,7,16H2. The van der Waals surface area contributed by atoms with Gasteiger partial charge in [-0.05, 0) is 75.0 Å². The summed E-state index contributed by atoms with van der Waals surface area (Å²) in [6, 6.07) is 11.2. The van der Waals surface area contributed by atoms with E-state index < -0.39 is 0 Å². The van der Waals surface area contributed by atoms with Crippen LogP contribution in [0.3, 0.4) is 0 Å². The number of phenolic OH excluding ortho intramolecular Hbond substituents is 1. The van der Waals surface area contributed by atoms with Crippen LogP contribution in [-0.2, 0) is 6.54 Å². The Balaban J connectivity index is 2.23. The zero-order valence-corrected chi connectivity index (χ0v) is 13.7. The monoisotopic (exact) mass is 467 g/mol. The highest BCUT2D eigenvalue weighted by Crippen LogP contribution is 2.32. The first-order chi connectivity index (χ1) is 8.60. The summed E-state index contributed by atoms with van der Waals surface area (Å²) in [5.74, 6) is 1.76. The van der Waals surface area contributed by atoms with Crippen molar-refractivity contribution in [2.75, 3.05) is 0 Å². The summed E-state index contributed by atoms with van der Waals surface area (Å²) in [6.07, 6.45) is 0. The predicted molar refractivity (Wildman–Crippen MR) is 87.9 cm³/mol. The van der Waals surface area contributed by atoms with Crippen LogP contribution in [0, 0.1) is 7.14 Å². The first-order valence-electron chi connectivity index (χ1n) is 5.25. The van der Waals surface area contributed by atoms with Gasteiger partial charge in [-0.3, -0.25) is 0 Å². The van der Waals surface area contributed by atoms with Crippen molar-refractivity contribution in [3.05, 3.63) is 49.1 Å². The fraction of sp³-hybridized carbons (Fsp3) is 0.0769. The molecule has 0 bridgehead atoms. The summed E-state index contributed by atoms with van der Waals surface area (Å²) in [7, 11) is 0. The number of hydrogen-bond acceptors (Lipinski definition) is 3. The van der Waals surface area contributed by atoms with Gasteiger partial charge in [0.05, 0.1) is 7.14 Å². The van der Waals surface area contributed by atoms with Crippen LogP contribution in [0.4, 0.5) is 0 Å². The second kappa shape index (κ2) is 6.07. The van der Waals surface area contributed by atoms with Gasteiger partial charge in [0.25, 0.3) is 0 Å². The highest BCUT2D eigenvalue weighted by atomic mass is 127. The lowest BCUT2D eigenvalue weighted by Gasteiger charge is -2.08. The summed E-state index contributed by atoms with van der Waals surface area (Å²) >= 11 is 4.16. The number of phenols is 1. The lowest BCUT2D eigenvalue weighted by atomic mass is 10.2. The Bertz CT molecular complexity index is 532. The average molecular weight is 467 g/mol. The summed E-state index contributed by atoms with van der Waals surface area (Å²) in [4.78, 5) is 0. The summed E-state index contributed by atoms with van der Waals surface area (Å²) < 4.78 is 7.28. The maximum absolute atomic E-state index is 9.68. The SMILES string of the molecule is NCc1ccc(Oc2cc(I)c(O)c(I)c2)cc1. The van der Waals surface area contributed by atoms with E-state index in [1.54, 1.807) is 12.1 Å². The molecular weight excluding hydrogens is 456 g/mol. The van der Waals surface area contributed by atoms with Crippen LogP contribution in [0.5, 0.6) is 17.2 Å². The van der Waals surface area contributed by atoms with Gasteiger partial charge < -0.3 is 15.6 Å². The van der Waals surface area contributed by atoms with Crippen molar-refractivity contribution in [2.45, 2.75) is 6.54 Å². The molecule has 0 radical (unpaired) electrons. The number of rotatable bonds is 3. The first-order valence-corrected chi connectivity index (χ1v) is 7.41. The fourth-order valence-corrected chi connectivity index (χ4v) is 3.14. The number of nitrogens with two attached hydrogens (primary N) is 1. The average Bonchev–Trinajstić information content (AvgIpc) is 2.37. The van der Waals surface area contributed by atoms with E-state index in [4.69, 9.17) is 10.5 Å². The molecule has 3 N–H and O–H groups in total. The molecule has 0 amide bonds. The molecule has 0 spiro atoms. The van der Waals surface area contributed by atoms with E-state index in [1.165, 1.54) is 0 Å². The van der Waals surface area contributed by atoms with Gasteiger partial charge in [-0.2, -0.15) is 0 Å². The van der Waals surface area contributed by atoms with Crippen LogP contribution in [0.2, 0.25) is 0 Å². The fourth-order valence-electron chi connectivity index (χ4n) is 1.43. The molecule has 2 aromatic carbocycles. The Kier molecular flexibility index (Phi) is 4.68. The molecule has 0 aliphatic rings. The largest absolute Gasteiger partial charge is 0.506 e. The Labute approximate surface area is 133 Å². The maximum atomic E-state index is 9.68. The number of ether oxygens (including phenoxy) is 1. The number of benzene rings is 2. The van der Waals surface area contributed by atoms with Crippen LogP contribution in [-0.4, -0.2) is 5.11 Å². The first kappa shape index (κ1) is 13.9. The number of halogens is 2. The van der Waals surface area contributed by atoms with Crippen LogP contribution in [0.15, 0.2) is 36.4 Å². The quantitative estimate of drug-likeness (QED) is 0.675. The van der Waals surface area contributed by atoms with Gasteiger partial charge >= 0.3 is 0 Å². The number of hydrogen-bond donors (Lipinski definition) is 2. The third-order valence-corrected chi connectivity index (χ3v) is 4.03. The van der Waals surface area contributed by atoms with Crippen LogP contribution in [0.25, 0.3) is 0 Å². The second-order valence-corrected chi connectivity index (χ2v) is 6.01. The van der Waals surface area contributed by atoms with Crippen molar-refractivity contribution in [2.24, 2.45) is 5.73 Å². The molecule has 5 heteroatoms. The highest BCUT2D eigenvalue weighted by Gasteiger charge is 2.07. The predicted octanol–water partition coefficient (Wildman–Crippen LogP) is 3.85. The lowest BCUT2D eigenvalue weighted by Crippen LogP contribution is -1.95. The molecule has 0 fully saturated rings. The van der Waals surface area contributed by atoms with Gasteiger partial charge in [0, 0.05) is 6.54 Å². The minimum atomic E-state index is 0.294. The van der Waals surface area contributed by atoms with E-state index >= 15 is 0 Å². The van der Waals surface area contributed by atoms with Crippen LogP contribution in [0.1, 0.15) is 5.56 Å². The van der Waals surface area contributed by atoms with Crippen molar-refractivity contribution in [1.82, 2.24) is 0 Å². The normalized spacial score (nSPS) is 10.4. The third-order valence-electron chi connectivity index (χ3n) is 2.39. The summed E-state index contributed by atoms with van der Waals surface area (Å²) in [6.45, 7) is 0.523. The Morgan fingerprint density at radius 3 is 2.06 bits per heavy atom. The van der Waals surface area contributed by atoms with Gasteiger partial charge in [-0.25, -0.2) is 0 Å². The Hall–Kier alpha value is -0.540. The molecule has 0 unspecified atom stereocenters. The van der Waals surface area contributed by atoms with E-state index in [2.05, 4.69) is 45.2 Å². The zero-order valence-electron chi connectivity index (χ0n) is 9.36. The van der Waals surface area contributed by atoms with Gasteiger partial charge in [0.1, 0.15) is 17.2 Å². The third kappa shape index (κ3) is 3.27. The zero-order chi connectivity index (χ0) is 13.1. The van der Waals surface area contributed by atoms with Gasteiger partial charge in [-0.1, -0.05) is 12.1 Å². The van der Waals surface area contributed by atoms with E-state index in [9.17, 15) is 5.11 Å². The molecule has 0 aliphatic carbocycles. The molecule has 0 atom stereocenters. The van der Waals surface area contributed by atoms with Crippen LogP contribution < -0.4 is 10.5 Å². The smallest absolute Gasteiger partial charge is 0.142 e. The van der Waals surface area contributed by atoms with E-state index in [0.717, 1.165) is 18.5 Å². The molecule has 0 saturated carbocycles. The van der Waals surface area contributed by atoms with E-state index in [1.807, 2.05) is 24.3 Å². The van der Waals surface area contributed by atoms with Crippen molar-refractivity contribution in [3.63, 3.8) is 0 Å². The Morgan fingerprint density at radius 1 is 1.00 bits per heavy atom. The van der Waals surface area contributed by atoms with Crippen molar-refractivity contribution < 1.29 is 9.84 Å². The van der Waals surface area contributed by atoms with Crippen LogP contribution >= 0.6 is 45.2 Å². The maximum Gasteiger partial charge on any atom is 0.142 e. The highest BCUT2D eigenvalue weighted by molar-refractivity contribution is 14.1. The molecular formula is C13H11I2NO2. The second-order valence-electron chi connectivity index (χ2n) is 3.69.